The number of nitrogens with one attached hydrogen (secondary N) is 1. The van der Waals surface area contributed by atoms with Crippen LogP contribution in [0.25, 0.3) is 11.0 Å². The highest BCUT2D eigenvalue weighted by atomic mass is 35.5. The van der Waals surface area contributed by atoms with E-state index in [9.17, 15) is 4.79 Å². The van der Waals surface area contributed by atoms with Gasteiger partial charge in [0, 0.05) is 6.42 Å². The first-order valence-corrected chi connectivity index (χ1v) is 10.2. The fourth-order valence-corrected chi connectivity index (χ4v) is 3.69. The van der Waals surface area contributed by atoms with E-state index in [0.717, 1.165) is 22.4 Å². The van der Waals surface area contributed by atoms with Crippen LogP contribution in [0.3, 0.4) is 0 Å². The third-order valence-corrected chi connectivity index (χ3v) is 5.32. The van der Waals surface area contributed by atoms with E-state index in [0.29, 0.717) is 28.6 Å². The number of amides is 1. The van der Waals surface area contributed by atoms with E-state index in [2.05, 4.69) is 5.32 Å². The van der Waals surface area contributed by atoms with Crippen LogP contribution in [0.15, 0.2) is 66.7 Å². The molecule has 1 aromatic heterocycles. The van der Waals surface area contributed by atoms with Crippen molar-refractivity contribution in [1.82, 2.24) is 9.55 Å². The lowest BCUT2D eigenvalue weighted by molar-refractivity contribution is -0.116. The van der Waals surface area contributed by atoms with E-state index in [1.807, 2.05) is 59.2 Å². The topological polar surface area (TPSA) is 65.4 Å². The summed E-state index contributed by atoms with van der Waals surface area (Å²) in [4.78, 5) is 17.6. The number of ether oxygens (including phenoxy) is 2. The number of para-hydroxylation sites is 3. The molecule has 3 aromatic carbocycles. The van der Waals surface area contributed by atoms with Crippen molar-refractivity contribution in [2.24, 2.45) is 0 Å². The fourth-order valence-electron chi connectivity index (χ4n) is 3.51. The molecule has 4 rings (SSSR count). The van der Waals surface area contributed by atoms with Crippen LogP contribution in [0.2, 0.25) is 5.02 Å². The minimum atomic E-state index is -0.176. The molecule has 6 nitrogen and oxygen atoms in total. The van der Waals surface area contributed by atoms with Crippen molar-refractivity contribution in [3.05, 3.63) is 83.1 Å². The highest BCUT2D eigenvalue weighted by molar-refractivity contribution is 6.33. The van der Waals surface area contributed by atoms with Gasteiger partial charge in [0.2, 0.25) is 5.91 Å². The van der Waals surface area contributed by atoms with Crippen molar-refractivity contribution in [3.8, 4) is 11.5 Å². The molecule has 0 radical (unpaired) electrons. The number of aromatic nitrogens is 2. The Morgan fingerprint density at radius 2 is 1.74 bits per heavy atom. The summed E-state index contributed by atoms with van der Waals surface area (Å²) >= 11 is 6.18. The van der Waals surface area contributed by atoms with Gasteiger partial charge in [-0.25, -0.2) is 4.98 Å². The average Bonchev–Trinajstić information content (AvgIpc) is 3.12. The summed E-state index contributed by atoms with van der Waals surface area (Å²) in [7, 11) is 3.21. The smallest absolute Gasteiger partial charge is 0.244 e. The van der Waals surface area contributed by atoms with E-state index in [1.54, 1.807) is 26.4 Å². The van der Waals surface area contributed by atoms with E-state index in [1.165, 1.54) is 0 Å². The van der Waals surface area contributed by atoms with E-state index in [-0.39, 0.29) is 12.5 Å². The lowest BCUT2D eigenvalue weighted by Crippen LogP contribution is -2.20. The molecule has 0 bridgehead atoms. The molecule has 1 N–H and O–H groups in total. The Balaban J connectivity index is 1.65. The largest absolute Gasteiger partial charge is 0.493 e. The average molecular weight is 436 g/mol. The number of hydrogen-bond acceptors (Lipinski definition) is 4. The van der Waals surface area contributed by atoms with Crippen LogP contribution in [-0.4, -0.2) is 29.7 Å². The number of nitrogens with zero attached hydrogens (tertiary/aromatic N) is 2. The lowest BCUT2D eigenvalue weighted by atomic mass is 10.1. The predicted octanol–water partition coefficient (Wildman–Crippen LogP) is 4.94. The number of imidazole rings is 1. The number of halogens is 1. The van der Waals surface area contributed by atoms with E-state index in [4.69, 9.17) is 26.1 Å². The Bertz CT molecular complexity index is 1240. The number of rotatable bonds is 7. The van der Waals surface area contributed by atoms with E-state index >= 15 is 0 Å². The molecule has 0 atom stereocenters. The second-order valence-electron chi connectivity index (χ2n) is 7.00. The molecule has 0 saturated carbocycles. The van der Waals surface area contributed by atoms with Gasteiger partial charge in [-0.05, 0) is 42.0 Å². The molecule has 31 heavy (non-hydrogen) atoms. The first-order valence-electron chi connectivity index (χ1n) is 9.78. The molecule has 7 heteroatoms. The maximum absolute atomic E-state index is 12.8. The van der Waals surface area contributed by atoms with Crippen LogP contribution >= 0.6 is 11.6 Å². The van der Waals surface area contributed by atoms with Crippen molar-refractivity contribution >= 4 is 34.2 Å². The predicted molar refractivity (Wildman–Crippen MR) is 122 cm³/mol. The SMILES string of the molecule is COc1ccc(Cc2nc3ccccc3n2CC(=O)Nc2ccccc2Cl)cc1OC. The number of anilines is 1. The number of methoxy groups -OCH3 is 2. The molecule has 1 heterocycles. The van der Waals surface area contributed by atoms with Crippen LogP contribution in [0.5, 0.6) is 11.5 Å². The van der Waals surface area contributed by atoms with Crippen molar-refractivity contribution in [2.45, 2.75) is 13.0 Å². The minimum absolute atomic E-state index is 0.119. The molecule has 4 aromatic rings. The van der Waals surface area contributed by atoms with Gasteiger partial charge in [0.05, 0.1) is 36.0 Å². The summed E-state index contributed by atoms with van der Waals surface area (Å²) in [6.45, 7) is 0.119. The summed E-state index contributed by atoms with van der Waals surface area (Å²) in [5, 5.41) is 3.38. The molecule has 158 valence electrons. The molecule has 0 unspecified atom stereocenters. The molecule has 0 fully saturated rings. The Kier molecular flexibility index (Phi) is 6.09. The molecule has 0 spiro atoms. The fraction of sp³-hybridized carbons (Fsp3) is 0.167. The van der Waals surface area contributed by atoms with E-state index < -0.39 is 0 Å². The maximum Gasteiger partial charge on any atom is 0.244 e. The number of carbonyl (C=O) groups is 1. The Morgan fingerprint density at radius 3 is 2.52 bits per heavy atom. The summed E-state index contributed by atoms with van der Waals surface area (Å²) < 4.78 is 12.7. The first kappa shape index (κ1) is 20.8. The third-order valence-electron chi connectivity index (χ3n) is 4.99. The number of benzene rings is 3. The number of hydrogen-bond donors (Lipinski definition) is 1. The van der Waals surface area contributed by atoms with Gasteiger partial charge in [-0.15, -0.1) is 0 Å². The molecule has 0 aliphatic carbocycles. The van der Waals surface area contributed by atoms with Gasteiger partial charge in [0.15, 0.2) is 11.5 Å². The maximum atomic E-state index is 12.8. The second-order valence-corrected chi connectivity index (χ2v) is 7.40. The van der Waals surface area contributed by atoms with Crippen molar-refractivity contribution in [2.75, 3.05) is 19.5 Å². The van der Waals surface area contributed by atoms with Crippen LogP contribution in [0.1, 0.15) is 11.4 Å². The van der Waals surface area contributed by atoms with Gasteiger partial charge in [-0.2, -0.15) is 0 Å². The zero-order valence-electron chi connectivity index (χ0n) is 17.3. The molecule has 0 saturated heterocycles. The second kappa shape index (κ2) is 9.10. The van der Waals surface area contributed by atoms with Gasteiger partial charge < -0.3 is 19.4 Å². The Hall–Kier alpha value is -3.51. The first-order chi connectivity index (χ1) is 15.1. The lowest BCUT2D eigenvalue weighted by Gasteiger charge is -2.12. The Labute approximate surface area is 185 Å². The van der Waals surface area contributed by atoms with Crippen LogP contribution < -0.4 is 14.8 Å². The van der Waals surface area contributed by atoms with Crippen molar-refractivity contribution in [1.29, 1.82) is 0 Å². The van der Waals surface area contributed by atoms with Gasteiger partial charge in [0.1, 0.15) is 12.4 Å². The molecule has 0 aliphatic heterocycles. The van der Waals surface area contributed by atoms with Crippen molar-refractivity contribution in [3.63, 3.8) is 0 Å². The summed E-state index contributed by atoms with van der Waals surface area (Å²) in [5.41, 5.74) is 3.32. The molecular weight excluding hydrogens is 414 g/mol. The van der Waals surface area contributed by atoms with Gasteiger partial charge >= 0.3 is 0 Å². The molecule has 0 aliphatic rings. The van der Waals surface area contributed by atoms with Crippen LogP contribution in [0, 0.1) is 0 Å². The highest BCUT2D eigenvalue weighted by Crippen LogP contribution is 2.29. The Morgan fingerprint density at radius 1 is 1.00 bits per heavy atom. The minimum Gasteiger partial charge on any atom is -0.493 e. The van der Waals surface area contributed by atoms with Crippen LogP contribution in [0.4, 0.5) is 5.69 Å². The summed E-state index contributed by atoms with van der Waals surface area (Å²) in [6.07, 6.45) is 0.536. The van der Waals surface area contributed by atoms with Gasteiger partial charge in [-0.3, -0.25) is 4.79 Å². The standard InChI is InChI=1S/C24H22ClN3O3/c1-30-21-12-11-16(13-22(21)31-2)14-23-26-19-9-5-6-10-20(19)28(23)15-24(29)27-18-8-4-3-7-17(18)25/h3-13H,14-15H2,1-2H3,(H,27,29). The zero-order chi connectivity index (χ0) is 21.8. The summed E-state index contributed by atoms with van der Waals surface area (Å²) in [6, 6.07) is 20.7. The number of fused-ring (bicyclic) bond motifs is 1. The molecular formula is C24H22ClN3O3. The molecule has 1 amide bonds. The van der Waals surface area contributed by atoms with Crippen molar-refractivity contribution < 1.29 is 14.3 Å². The normalized spacial score (nSPS) is 10.8. The number of carbonyl (C=O) groups excluding carboxylic acids is 1. The van der Waals surface area contributed by atoms with Crippen LogP contribution in [-0.2, 0) is 17.8 Å². The quantitative estimate of drug-likeness (QED) is 0.446. The monoisotopic (exact) mass is 435 g/mol. The van der Waals surface area contributed by atoms with Gasteiger partial charge in [-0.1, -0.05) is 41.9 Å². The third kappa shape index (κ3) is 4.49. The zero-order valence-corrected chi connectivity index (χ0v) is 18.0. The summed E-state index contributed by atoms with van der Waals surface area (Å²) in [5.74, 6) is 1.92. The van der Waals surface area contributed by atoms with Gasteiger partial charge in [0.25, 0.3) is 0 Å². The highest BCUT2D eigenvalue weighted by Gasteiger charge is 2.16.